The maximum Gasteiger partial charge on any atom is 0.0267 e. The largest absolute Gasteiger partial charge is 0.265 e. The molecule has 0 radical (unpaired) electrons. The van der Waals surface area contributed by atoms with Gasteiger partial charge in [-0.1, -0.05) is 6.07 Å². The number of pyridine rings is 1. The van der Waals surface area contributed by atoms with Crippen LogP contribution in [-0.2, 0) is 17.1 Å². The Morgan fingerprint density at radius 1 is 1.00 bits per heavy atom. The van der Waals surface area contributed by atoms with Crippen molar-refractivity contribution >= 4 is 9.13 Å². The molecule has 0 N–H and O–H groups in total. The first-order valence-corrected chi connectivity index (χ1v) is 6.34. The molecule has 0 atom stereocenters. The topological polar surface area (TPSA) is 93.1 Å². The standard InChI is InChI=1S/C5H5N.2CO2.Zn/c1-2-4-6-5-3-1;2*2-1-3;/h1-5H;;;/q;2*-1;+2. The van der Waals surface area contributed by atoms with Gasteiger partial charge in [-0.15, -0.1) is 0 Å². The normalized spacial score (nSPS) is 8.31. The molecule has 64 valence electrons. The smallest absolute Gasteiger partial charge is 0.0267 e. The van der Waals surface area contributed by atoms with Gasteiger partial charge in [-0.3, -0.25) is 4.98 Å². The maximum atomic E-state index is 9.36. The molecule has 0 aliphatic heterocycles. The van der Waals surface area contributed by atoms with Gasteiger partial charge in [0.25, 0.3) is 0 Å². The van der Waals surface area contributed by atoms with Gasteiger partial charge in [0, 0.05) is 12.4 Å². The molecule has 1 heterocycles. The first-order valence-electron chi connectivity index (χ1n) is 3.37. The Kier molecular flexibility index (Phi) is 6.64. The fourth-order valence-electron chi connectivity index (χ4n) is 0.430. The Hall–Kier alpha value is -1.29. The molecule has 1 rings (SSSR count). The number of hydrogen-bond acceptors (Lipinski definition) is 5. The Balaban J connectivity index is 0.000000223. The molecule has 0 saturated heterocycles. The van der Waals surface area contributed by atoms with Gasteiger partial charge in [-0.25, -0.2) is 0 Å². The quantitative estimate of drug-likeness (QED) is 0.600. The summed E-state index contributed by atoms with van der Waals surface area (Å²) in [6.45, 7) is 0. The van der Waals surface area contributed by atoms with Gasteiger partial charge >= 0.3 is 46.1 Å². The summed E-state index contributed by atoms with van der Waals surface area (Å²) in [5.74, 6) is 0. The molecule has 0 aliphatic carbocycles. The Bertz CT molecular complexity index is 226. The second-order valence-electron chi connectivity index (χ2n) is 1.95. The van der Waals surface area contributed by atoms with Crippen LogP contribution in [0.1, 0.15) is 0 Å². The zero-order valence-electron chi connectivity index (χ0n) is 6.67. The molecule has 5 nitrogen and oxygen atoms in total. The third-order valence-corrected chi connectivity index (χ3v) is 2.07. The third kappa shape index (κ3) is 10.7. The fraction of sp³-hybridized carbons (Fsp3) is 0. The third-order valence-electron chi connectivity index (χ3n) is 0.855. The van der Waals surface area contributed by atoms with E-state index in [1.165, 1.54) is 0 Å². The number of carboxylic acid groups (broad SMARTS) is 2. The van der Waals surface area contributed by atoms with Crippen LogP contribution in [0.5, 0.6) is 0 Å². The van der Waals surface area contributed by atoms with E-state index in [1.807, 2.05) is 18.2 Å². The first kappa shape index (κ1) is 11.7. The van der Waals surface area contributed by atoms with Crippen LogP contribution < -0.4 is 10.2 Å². The van der Waals surface area contributed by atoms with Crippen molar-refractivity contribution < 1.29 is 36.9 Å². The van der Waals surface area contributed by atoms with Crippen molar-refractivity contribution in [1.82, 2.24) is 4.98 Å². The summed E-state index contributed by atoms with van der Waals surface area (Å²) < 4.78 is -2.88. The van der Waals surface area contributed by atoms with Gasteiger partial charge in [-0.2, -0.15) is 0 Å². The minimum absolute atomic E-state index is 1.44. The van der Waals surface area contributed by atoms with E-state index in [9.17, 15) is 19.8 Å². The van der Waals surface area contributed by atoms with E-state index in [4.69, 9.17) is 0 Å². The van der Waals surface area contributed by atoms with Crippen molar-refractivity contribution in [3.63, 3.8) is 0 Å². The molecule has 0 unspecified atom stereocenters. The van der Waals surface area contributed by atoms with Crippen LogP contribution in [0.3, 0.4) is 0 Å². The molecular formula is C7H5NO4Zn. The summed E-state index contributed by atoms with van der Waals surface area (Å²) in [6.07, 6.45) is 3.50. The number of hydrogen-bond donors (Lipinski definition) is 0. The van der Waals surface area contributed by atoms with Crippen molar-refractivity contribution in [1.29, 1.82) is 0 Å². The van der Waals surface area contributed by atoms with Gasteiger partial charge in [-0.05, 0) is 12.1 Å². The summed E-state index contributed by atoms with van der Waals surface area (Å²) in [7, 11) is 0. The number of nitrogens with zero attached hydrogens (tertiary/aromatic N) is 1. The van der Waals surface area contributed by atoms with Crippen LogP contribution in [0.25, 0.3) is 0 Å². The van der Waals surface area contributed by atoms with E-state index in [0.29, 0.717) is 0 Å². The van der Waals surface area contributed by atoms with Crippen LogP contribution in [0.15, 0.2) is 30.6 Å². The van der Waals surface area contributed by atoms with E-state index < -0.39 is 26.3 Å². The maximum absolute atomic E-state index is 9.36. The summed E-state index contributed by atoms with van der Waals surface area (Å²) >= 11 is -2.49. The molecule has 0 fully saturated rings. The van der Waals surface area contributed by atoms with Gasteiger partial charge in [0.05, 0.1) is 0 Å². The Labute approximate surface area is 82.0 Å². The monoisotopic (exact) mass is 231 g/mol. The predicted octanol–water partition coefficient (Wildman–Crippen LogP) is -1.16. The van der Waals surface area contributed by atoms with E-state index in [0.717, 1.165) is 0 Å². The van der Waals surface area contributed by atoms with Gasteiger partial charge < -0.3 is 0 Å². The zero-order chi connectivity index (χ0) is 10.1. The molecule has 1 aromatic heterocycles. The van der Waals surface area contributed by atoms with E-state index >= 15 is 0 Å². The molecule has 0 saturated carbocycles. The minimum Gasteiger partial charge on any atom is -0.265 e. The SMILES string of the molecule is O=[C]([O-])[Zn+2][C](=O)[O-].c1ccncc1. The van der Waals surface area contributed by atoms with Crippen molar-refractivity contribution in [3.8, 4) is 0 Å². The van der Waals surface area contributed by atoms with Crippen molar-refractivity contribution in [2.75, 3.05) is 0 Å². The molecule has 13 heavy (non-hydrogen) atoms. The number of aromatic nitrogens is 1. The van der Waals surface area contributed by atoms with E-state index in [2.05, 4.69) is 4.98 Å². The number of rotatable bonds is 2. The molecule has 0 aliphatic rings. The Morgan fingerprint density at radius 2 is 1.46 bits per heavy atom. The Morgan fingerprint density at radius 3 is 1.54 bits per heavy atom. The molecule has 0 bridgehead atoms. The van der Waals surface area contributed by atoms with Crippen LogP contribution in [-0.4, -0.2) is 14.1 Å². The van der Waals surface area contributed by atoms with E-state index in [-0.39, 0.29) is 0 Å². The number of carbonyl (C=O) groups is 2. The molecule has 6 heteroatoms. The first-order chi connectivity index (χ1) is 6.13. The summed E-state index contributed by atoms with van der Waals surface area (Å²) in [5, 5.41) is 18.7. The van der Waals surface area contributed by atoms with Gasteiger partial charge in [0.2, 0.25) is 0 Å². The van der Waals surface area contributed by atoms with Crippen molar-refractivity contribution in [3.05, 3.63) is 30.6 Å². The zero-order valence-corrected chi connectivity index (χ0v) is 9.64. The van der Waals surface area contributed by atoms with Crippen molar-refractivity contribution in [2.45, 2.75) is 0 Å². The summed E-state index contributed by atoms with van der Waals surface area (Å²) in [5.41, 5.74) is 0. The van der Waals surface area contributed by atoms with Crippen molar-refractivity contribution in [2.24, 2.45) is 0 Å². The second kappa shape index (κ2) is 7.37. The summed E-state index contributed by atoms with van der Waals surface area (Å²) in [6, 6.07) is 5.72. The number of carbonyl (C=O) groups excluding carboxylic acids is 2. The molecule has 0 aromatic carbocycles. The minimum atomic E-state index is -2.49. The molecular weight excluding hydrogens is 227 g/mol. The summed E-state index contributed by atoms with van der Waals surface area (Å²) in [4.78, 5) is 22.5. The molecule has 1 aromatic rings. The fourth-order valence-corrected chi connectivity index (χ4v) is 0.925. The van der Waals surface area contributed by atoms with E-state index in [1.54, 1.807) is 12.4 Å². The van der Waals surface area contributed by atoms with Crippen LogP contribution in [0.4, 0.5) is 9.59 Å². The van der Waals surface area contributed by atoms with Crippen LogP contribution >= 0.6 is 0 Å². The predicted molar refractivity (Wildman–Crippen MR) is 35.0 cm³/mol. The van der Waals surface area contributed by atoms with Crippen LogP contribution in [0.2, 0.25) is 0 Å². The molecule has 0 amide bonds. The van der Waals surface area contributed by atoms with Gasteiger partial charge in [0.1, 0.15) is 0 Å². The van der Waals surface area contributed by atoms with Gasteiger partial charge in [0.15, 0.2) is 0 Å². The average molecular weight is 233 g/mol. The average Bonchev–Trinajstić information content (AvgIpc) is 2.06. The molecule has 0 spiro atoms. The second-order valence-corrected chi connectivity index (χ2v) is 5.11. The van der Waals surface area contributed by atoms with Crippen LogP contribution in [0, 0.1) is 0 Å².